The van der Waals surface area contributed by atoms with Gasteiger partial charge in [-0.25, -0.2) is 4.68 Å². The first-order valence-corrected chi connectivity index (χ1v) is 11.9. The predicted octanol–water partition coefficient (Wildman–Crippen LogP) is 5.53. The minimum absolute atomic E-state index is 0.00855. The van der Waals surface area contributed by atoms with E-state index in [2.05, 4.69) is 54.6 Å². The van der Waals surface area contributed by atoms with E-state index in [-0.39, 0.29) is 10.5 Å². The lowest BCUT2D eigenvalue weighted by Gasteiger charge is -2.36. The molecular formula is C20H33N3OSi. The second kappa shape index (κ2) is 6.52. The lowest BCUT2D eigenvalue weighted by Crippen LogP contribution is -2.43. The number of aromatic nitrogens is 2. The molecule has 2 rings (SSSR count). The van der Waals surface area contributed by atoms with Crippen molar-refractivity contribution < 1.29 is 4.43 Å². The molecular weight excluding hydrogens is 326 g/mol. The van der Waals surface area contributed by atoms with Gasteiger partial charge in [0.05, 0.1) is 11.4 Å². The monoisotopic (exact) mass is 359 g/mol. The first-order valence-electron chi connectivity index (χ1n) is 9.03. The molecule has 4 nitrogen and oxygen atoms in total. The van der Waals surface area contributed by atoms with Crippen LogP contribution in [-0.2, 0) is 5.41 Å². The summed E-state index contributed by atoms with van der Waals surface area (Å²) < 4.78 is 8.23. The van der Waals surface area contributed by atoms with Gasteiger partial charge in [-0.05, 0) is 36.7 Å². The molecule has 0 saturated heterocycles. The van der Waals surface area contributed by atoms with Gasteiger partial charge in [0, 0.05) is 17.5 Å². The van der Waals surface area contributed by atoms with E-state index in [9.17, 15) is 0 Å². The van der Waals surface area contributed by atoms with E-state index in [0.29, 0.717) is 5.82 Å². The third-order valence-corrected chi connectivity index (χ3v) is 9.91. The number of hydrogen-bond acceptors (Lipinski definition) is 3. The smallest absolute Gasteiger partial charge is 0.250 e. The fourth-order valence-electron chi connectivity index (χ4n) is 2.24. The van der Waals surface area contributed by atoms with Crippen molar-refractivity contribution in [2.24, 2.45) is 0 Å². The molecule has 1 aromatic heterocycles. The SMILES string of the molecule is CCC(C)(C)c1cc(N)n(-c2cccc(O[Si](C)(C)C(C)(C)C)c2)n1. The minimum atomic E-state index is -1.87. The topological polar surface area (TPSA) is 53.1 Å². The lowest BCUT2D eigenvalue weighted by atomic mass is 9.87. The van der Waals surface area contributed by atoms with Crippen LogP contribution in [0.3, 0.4) is 0 Å². The highest BCUT2D eigenvalue weighted by molar-refractivity contribution is 6.74. The molecule has 0 aliphatic carbocycles. The molecule has 138 valence electrons. The normalized spacial score (nSPS) is 13.1. The number of anilines is 1. The van der Waals surface area contributed by atoms with Gasteiger partial charge in [0.1, 0.15) is 11.6 Å². The van der Waals surface area contributed by atoms with Gasteiger partial charge in [-0.15, -0.1) is 0 Å². The quantitative estimate of drug-likeness (QED) is 0.714. The fraction of sp³-hybridized carbons (Fsp3) is 0.550. The van der Waals surface area contributed by atoms with Crippen molar-refractivity contribution in [1.29, 1.82) is 0 Å². The average molecular weight is 360 g/mol. The summed E-state index contributed by atoms with van der Waals surface area (Å²) in [6, 6.07) is 10.0. The largest absolute Gasteiger partial charge is 0.543 e. The van der Waals surface area contributed by atoms with E-state index in [0.717, 1.165) is 23.6 Å². The minimum Gasteiger partial charge on any atom is -0.543 e. The molecule has 0 spiro atoms. The van der Waals surface area contributed by atoms with E-state index in [4.69, 9.17) is 15.3 Å². The Morgan fingerprint density at radius 3 is 2.32 bits per heavy atom. The highest BCUT2D eigenvalue weighted by Crippen LogP contribution is 2.37. The second-order valence-electron chi connectivity index (χ2n) is 8.96. The molecule has 0 radical (unpaired) electrons. The van der Waals surface area contributed by atoms with Gasteiger partial charge in [0.25, 0.3) is 0 Å². The Hall–Kier alpha value is -1.75. The number of rotatable bonds is 5. The summed E-state index contributed by atoms with van der Waals surface area (Å²) in [5.74, 6) is 1.54. The van der Waals surface area contributed by atoms with Gasteiger partial charge in [-0.2, -0.15) is 5.10 Å². The van der Waals surface area contributed by atoms with E-state index in [1.807, 2.05) is 35.0 Å². The summed E-state index contributed by atoms with van der Waals surface area (Å²) in [4.78, 5) is 0. The number of nitrogens with zero attached hydrogens (tertiary/aromatic N) is 2. The van der Waals surface area contributed by atoms with Gasteiger partial charge >= 0.3 is 0 Å². The molecule has 1 aromatic carbocycles. The molecule has 5 heteroatoms. The highest BCUT2D eigenvalue weighted by Gasteiger charge is 2.39. The summed E-state index contributed by atoms with van der Waals surface area (Å²) in [7, 11) is -1.87. The van der Waals surface area contributed by atoms with Gasteiger partial charge in [-0.1, -0.05) is 47.6 Å². The Labute approximate surface area is 153 Å². The van der Waals surface area contributed by atoms with Crippen molar-refractivity contribution >= 4 is 14.1 Å². The van der Waals surface area contributed by atoms with Crippen LogP contribution in [0.15, 0.2) is 30.3 Å². The van der Waals surface area contributed by atoms with Crippen molar-refractivity contribution in [3.63, 3.8) is 0 Å². The summed E-state index contributed by atoms with van der Waals surface area (Å²) in [6.07, 6.45) is 1.01. The van der Waals surface area contributed by atoms with Crippen molar-refractivity contribution in [1.82, 2.24) is 9.78 Å². The molecule has 1 heterocycles. The molecule has 2 aromatic rings. The molecule has 0 fully saturated rings. The van der Waals surface area contributed by atoms with Crippen molar-refractivity contribution in [2.75, 3.05) is 5.73 Å². The zero-order valence-electron chi connectivity index (χ0n) is 17.0. The molecule has 25 heavy (non-hydrogen) atoms. The molecule has 2 N–H and O–H groups in total. The number of hydrogen-bond donors (Lipinski definition) is 1. The molecule has 0 amide bonds. The number of nitrogen functional groups attached to an aromatic ring is 1. The Kier molecular flexibility index (Phi) is 5.10. The van der Waals surface area contributed by atoms with Gasteiger partial charge < -0.3 is 10.2 Å². The van der Waals surface area contributed by atoms with Gasteiger partial charge in [-0.3, -0.25) is 0 Å². The molecule has 0 bridgehead atoms. The van der Waals surface area contributed by atoms with Crippen LogP contribution in [0.25, 0.3) is 5.69 Å². The second-order valence-corrected chi connectivity index (χ2v) is 13.7. The lowest BCUT2D eigenvalue weighted by molar-refractivity contribution is 0.484. The van der Waals surface area contributed by atoms with Crippen LogP contribution in [-0.4, -0.2) is 18.1 Å². The zero-order valence-corrected chi connectivity index (χ0v) is 18.0. The summed E-state index contributed by atoms with van der Waals surface area (Å²) in [5, 5.41) is 4.92. The summed E-state index contributed by atoms with van der Waals surface area (Å²) in [6.45, 7) is 17.8. The maximum atomic E-state index is 6.42. The molecule has 0 unspecified atom stereocenters. The molecule has 0 saturated carbocycles. The summed E-state index contributed by atoms with van der Waals surface area (Å²) in [5.41, 5.74) is 8.20. The molecule has 0 atom stereocenters. The highest BCUT2D eigenvalue weighted by atomic mass is 28.4. The van der Waals surface area contributed by atoms with E-state index in [1.165, 1.54) is 0 Å². The van der Waals surface area contributed by atoms with E-state index < -0.39 is 8.32 Å². The first-order chi connectivity index (χ1) is 11.4. The number of nitrogens with two attached hydrogens (primary N) is 1. The average Bonchev–Trinajstić information content (AvgIpc) is 2.88. The van der Waals surface area contributed by atoms with Gasteiger partial charge in [0.2, 0.25) is 8.32 Å². The van der Waals surface area contributed by atoms with Gasteiger partial charge in [0.15, 0.2) is 0 Å². The third kappa shape index (κ3) is 4.09. The van der Waals surface area contributed by atoms with Crippen LogP contribution < -0.4 is 10.2 Å². The van der Waals surface area contributed by atoms with Crippen LogP contribution in [0.4, 0.5) is 5.82 Å². The van der Waals surface area contributed by atoms with Crippen LogP contribution >= 0.6 is 0 Å². The zero-order chi connectivity index (χ0) is 19.0. The van der Waals surface area contributed by atoms with E-state index in [1.54, 1.807) is 0 Å². The predicted molar refractivity (Wildman–Crippen MR) is 109 cm³/mol. The summed E-state index contributed by atoms with van der Waals surface area (Å²) >= 11 is 0. The van der Waals surface area contributed by atoms with Crippen LogP contribution in [0.5, 0.6) is 5.75 Å². The van der Waals surface area contributed by atoms with Crippen LogP contribution in [0.2, 0.25) is 18.1 Å². The Bertz CT molecular complexity index is 742. The van der Waals surface area contributed by atoms with Crippen molar-refractivity contribution in [3.8, 4) is 11.4 Å². The molecule has 0 aliphatic rings. The Morgan fingerprint density at radius 2 is 1.76 bits per heavy atom. The standard InChI is InChI=1S/C20H33N3OSi/c1-9-20(5,6)17-14-18(21)23(22-17)15-11-10-12-16(13-15)24-25(7,8)19(2,3)4/h10-14H,9,21H2,1-8H3. The van der Waals surface area contributed by atoms with Crippen molar-refractivity contribution in [3.05, 3.63) is 36.0 Å². The van der Waals surface area contributed by atoms with Crippen LogP contribution in [0.1, 0.15) is 53.7 Å². The maximum absolute atomic E-state index is 6.42. The number of benzene rings is 1. The third-order valence-electron chi connectivity index (χ3n) is 5.56. The maximum Gasteiger partial charge on any atom is 0.250 e. The molecule has 0 aliphatic heterocycles. The first kappa shape index (κ1) is 19.6. The Morgan fingerprint density at radius 1 is 1.12 bits per heavy atom. The van der Waals surface area contributed by atoms with Crippen molar-refractivity contribution in [2.45, 2.75) is 71.5 Å². The Balaban J connectivity index is 2.37. The van der Waals surface area contributed by atoms with Crippen LogP contribution in [0, 0.1) is 0 Å². The van der Waals surface area contributed by atoms with E-state index >= 15 is 0 Å². The fourth-order valence-corrected chi connectivity index (χ4v) is 3.26.